The number of unbranched alkanes of at least 4 members (excludes halogenated alkanes) is 6. The molecule has 1 aromatic carbocycles. The Morgan fingerprint density at radius 2 is 1.48 bits per heavy atom. The summed E-state index contributed by atoms with van der Waals surface area (Å²) in [4.78, 5) is 40.1. The molecule has 0 unspecified atom stereocenters. The Bertz CT molecular complexity index is 772. The van der Waals surface area contributed by atoms with Gasteiger partial charge < -0.3 is 4.74 Å². The molecule has 0 N–H and O–H groups in total. The summed E-state index contributed by atoms with van der Waals surface area (Å²) in [5.74, 6) is -1.10. The van der Waals surface area contributed by atoms with Gasteiger partial charge in [0.25, 0.3) is 0 Å². The summed E-state index contributed by atoms with van der Waals surface area (Å²) in [5, 5.41) is 0. The lowest BCUT2D eigenvalue weighted by atomic mass is 9.81. The van der Waals surface area contributed by atoms with Crippen LogP contribution in [-0.4, -0.2) is 27.4 Å². The fraction of sp³-hybridized carbons (Fsp3) is 0.625. The Morgan fingerprint density at radius 3 is 2.10 bits per heavy atom. The molecular formula is C24H31Br2NO4. The molecule has 4 atom stereocenters. The highest BCUT2D eigenvalue weighted by Gasteiger charge is 2.52. The van der Waals surface area contributed by atoms with E-state index in [1.54, 1.807) is 24.3 Å². The van der Waals surface area contributed by atoms with E-state index < -0.39 is 0 Å². The minimum atomic E-state index is -0.331. The number of carbonyl (C=O) groups excluding carboxylic acids is 3. The Morgan fingerprint density at radius 1 is 0.935 bits per heavy atom. The first kappa shape index (κ1) is 24.4. The molecule has 7 heteroatoms. The van der Waals surface area contributed by atoms with E-state index in [0.29, 0.717) is 24.9 Å². The van der Waals surface area contributed by atoms with Gasteiger partial charge >= 0.3 is 5.97 Å². The quantitative estimate of drug-likeness (QED) is 0.114. The van der Waals surface area contributed by atoms with E-state index in [0.717, 1.165) is 19.3 Å². The van der Waals surface area contributed by atoms with Crippen molar-refractivity contribution in [3.8, 4) is 5.75 Å². The maximum Gasteiger partial charge on any atom is 0.311 e. The number of anilines is 1. The van der Waals surface area contributed by atoms with E-state index in [9.17, 15) is 14.4 Å². The number of imide groups is 1. The zero-order chi connectivity index (χ0) is 22.4. The van der Waals surface area contributed by atoms with Crippen LogP contribution in [0.4, 0.5) is 5.69 Å². The van der Waals surface area contributed by atoms with Crippen LogP contribution in [0.1, 0.15) is 71.1 Å². The van der Waals surface area contributed by atoms with E-state index in [4.69, 9.17) is 4.74 Å². The smallest absolute Gasteiger partial charge is 0.311 e. The highest BCUT2D eigenvalue weighted by molar-refractivity contribution is 9.12. The molecule has 1 aliphatic heterocycles. The monoisotopic (exact) mass is 555 g/mol. The second-order valence-electron chi connectivity index (χ2n) is 8.54. The molecule has 2 fully saturated rings. The third-order valence-electron chi connectivity index (χ3n) is 6.23. The summed E-state index contributed by atoms with van der Waals surface area (Å²) >= 11 is 7.22. The molecule has 1 saturated carbocycles. The predicted molar refractivity (Wildman–Crippen MR) is 129 cm³/mol. The maximum atomic E-state index is 13.1. The highest BCUT2D eigenvalue weighted by atomic mass is 79.9. The van der Waals surface area contributed by atoms with Crippen LogP contribution in [0.25, 0.3) is 0 Å². The highest BCUT2D eigenvalue weighted by Crippen LogP contribution is 2.45. The van der Waals surface area contributed by atoms with Gasteiger partial charge in [0.15, 0.2) is 5.75 Å². The Hall–Kier alpha value is -1.21. The van der Waals surface area contributed by atoms with Gasteiger partial charge in [-0.2, -0.15) is 0 Å². The summed E-state index contributed by atoms with van der Waals surface area (Å²) in [6.45, 7) is 2.20. The standard InChI is InChI=1S/C24H31Br2NO4/c1-2-3-4-5-6-7-8-13-22(28)31-21-12-10-9-11-20(21)27-23(29)16-14-18(25)19(26)15-17(16)24(27)30/h9-12,16-19H,2-8,13-15H2,1H3/t16-,17+,18-,19-/m0/s1. The maximum absolute atomic E-state index is 13.1. The largest absolute Gasteiger partial charge is 0.424 e. The normalized spacial score (nSPS) is 25.6. The third kappa shape index (κ3) is 5.98. The van der Waals surface area contributed by atoms with Gasteiger partial charge in [-0.15, -0.1) is 0 Å². The van der Waals surface area contributed by atoms with Gasteiger partial charge in [0.1, 0.15) is 0 Å². The molecule has 1 saturated heterocycles. The number of benzene rings is 1. The van der Waals surface area contributed by atoms with Crippen molar-refractivity contribution >= 4 is 55.3 Å². The zero-order valence-corrected chi connectivity index (χ0v) is 21.2. The molecule has 31 heavy (non-hydrogen) atoms. The molecule has 1 aliphatic carbocycles. The lowest BCUT2D eigenvalue weighted by Crippen LogP contribution is -2.34. The van der Waals surface area contributed by atoms with Crippen molar-refractivity contribution in [3.63, 3.8) is 0 Å². The summed E-state index contributed by atoms with van der Waals surface area (Å²) in [5.41, 5.74) is 0.372. The number of halogens is 2. The van der Waals surface area contributed by atoms with Gasteiger partial charge in [0, 0.05) is 16.1 Å². The van der Waals surface area contributed by atoms with Gasteiger partial charge in [-0.1, -0.05) is 89.4 Å². The van der Waals surface area contributed by atoms with Gasteiger partial charge in [-0.05, 0) is 31.4 Å². The van der Waals surface area contributed by atoms with Crippen LogP contribution < -0.4 is 9.64 Å². The SMILES string of the molecule is CCCCCCCCCC(=O)Oc1ccccc1N1C(=O)[C@H]2C[C@H](Br)[C@@H](Br)C[C@H]2C1=O. The van der Waals surface area contributed by atoms with Crippen molar-refractivity contribution in [3.05, 3.63) is 24.3 Å². The average molecular weight is 557 g/mol. The number of alkyl halides is 2. The second-order valence-corrected chi connectivity index (χ2v) is 10.9. The first-order valence-corrected chi connectivity index (χ1v) is 13.2. The van der Waals surface area contributed by atoms with Gasteiger partial charge in [0.2, 0.25) is 11.8 Å². The summed E-state index contributed by atoms with van der Waals surface area (Å²) in [7, 11) is 0. The summed E-state index contributed by atoms with van der Waals surface area (Å²) in [6.07, 6.45) is 9.44. The first-order chi connectivity index (χ1) is 14.9. The lowest BCUT2D eigenvalue weighted by Gasteiger charge is -2.29. The van der Waals surface area contributed by atoms with Crippen LogP contribution in [0.15, 0.2) is 24.3 Å². The van der Waals surface area contributed by atoms with E-state index in [1.807, 2.05) is 0 Å². The molecule has 3 rings (SSSR count). The molecular weight excluding hydrogens is 526 g/mol. The van der Waals surface area contributed by atoms with Crippen LogP contribution in [0, 0.1) is 11.8 Å². The Kier molecular flexibility index (Phi) is 9.14. The molecule has 170 valence electrons. The number of nitrogens with zero attached hydrogens (tertiary/aromatic N) is 1. The minimum Gasteiger partial charge on any atom is -0.424 e. The van der Waals surface area contributed by atoms with Crippen LogP contribution in [0.2, 0.25) is 0 Å². The molecule has 1 aromatic rings. The Labute approximate surface area is 201 Å². The van der Waals surface area contributed by atoms with Crippen molar-refractivity contribution < 1.29 is 19.1 Å². The number of para-hydroxylation sites is 2. The third-order valence-corrected chi connectivity index (χ3v) is 8.96. The topological polar surface area (TPSA) is 63.7 Å². The van der Waals surface area contributed by atoms with Crippen molar-refractivity contribution in [2.75, 3.05) is 4.90 Å². The van der Waals surface area contributed by atoms with E-state index in [2.05, 4.69) is 38.8 Å². The fourth-order valence-corrected chi connectivity index (χ4v) is 5.70. The number of ether oxygens (including phenoxy) is 1. The zero-order valence-electron chi connectivity index (χ0n) is 18.0. The Balaban J connectivity index is 1.61. The van der Waals surface area contributed by atoms with E-state index in [-0.39, 0.29) is 45.0 Å². The summed E-state index contributed by atoms with van der Waals surface area (Å²) < 4.78 is 5.59. The van der Waals surface area contributed by atoms with Crippen molar-refractivity contribution in [2.45, 2.75) is 80.8 Å². The predicted octanol–water partition coefficient (Wildman–Crippen LogP) is 6.16. The van der Waals surface area contributed by atoms with Crippen molar-refractivity contribution in [2.24, 2.45) is 11.8 Å². The van der Waals surface area contributed by atoms with Crippen molar-refractivity contribution in [1.29, 1.82) is 0 Å². The molecule has 2 aliphatic rings. The van der Waals surface area contributed by atoms with E-state index in [1.165, 1.54) is 30.6 Å². The van der Waals surface area contributed by atoms with Gasteiger partial charge in [-0.3, -0.25) is 14.4 Å². The number of esters is 1. The first-order valence-electron chi connectivity index (χ1n) is 11.4. The number of amides is 2. The molecule has 0 aromatic heterocycles. The fourth-order valence-electron chi connectivity index (χ4n) is 4.46. The number of fused-ring (bicyclic) bond motifs is 1. The number of rotatable bonds is 10. The van der Waals surface area contributed by atoms with Gasteiger partial charge in [-0.25, -0.2) is 4.90 Å². The van der Waals surface area contributed by atoms with Crippen LogP contribution in [0.3, 0.4) is 0 Å². The van der Waals surface area contributed by atoms with Crippen LogP contribution >= 0.6 is 31.9 Å². The number of hydrogen-bond donors (Lipinski definition) is 0. The van der Waals surface area contributed by atoms with Crippen LogP contribution in [0.5, 0.6) is 5.75 Å². The molecule has 0 radical (unpaired) electrons. The summed E-state index contributed by atoms with van der Waals surface area (Å²) in [6, 6.07) is 6.84. The molecule has 5 nitrogen and oxygen atoms in total. The van der Waals surface area contributed by atoms with Crippen LogP contribution in [-0.2, 0) is 14.4 Å². The average Bonchev–Trinajstić information content (AvgIpc) is 2.98. The van der Waals surface area contributed by atoms with Gasteiger partial charge in [0.05, 0.1) is 17.5 Å². The second kappa shape index (κ2) is 11.6. The molecule has 1 heterocycles. The number of carbonyl (C=O) groups is 3. The lowest BCUT2D eigenvalue weighted by molar-refractivity contribution is -0.134. The van der Waals surface area contributed by atoms with Crippen molar-refractivity contribution in [1.82, 2.24) is 0 Å². The number of hydrogen-bond acceptors (Lipinski definition) is 4. The molecule has 0 spiro atoms. The molecule has 0 bridgehead atoms. The minimum absolute atomic E-state index is 0.153. The molecule has 2 amide bonds. The van der Waals surface area contributed by atoms with E-state index >= 15 is 0 Å².